The zero-order chi connectivity index (χ0) is 11.8. The van der Waals surface area contributed by atoms with Crippen LogP contribution in [0.15, 0.2) is 0 Å². The Balaban J connectivity index is 3.64. The van der Waals surface area contributed by atoms with Crippen LogP contribution < -0.4 is 16.8 Å². The van der Waals surface area contributed by atoms with Crippen molar-refractivity contribution in [2.24, 2.45) is 11.5 Å². The van der Waals surface area contributed by atoms with Gasteiger partial charge in [-0.25, -0.2) is 4.79 Å². The normalized spacial score (nSPS) is 11.6. The highest BCUT2D eigenvalue weighted by atomic mass is 32.1. The molecule has 0 radical (unpaired) electrons. The van der Waals surface area contributed by atoms with Crippen LogP contribution in [0.4, 0.5) is 4.79 Å². The Morgan fingerprint density at radius 1 is 1.53 bits per heavy atom. The monoisotopic (exact) mass is 233 g/mol. The molecule has 0 aromatic heterocycles. The quantitative estimate of drug-likeness (QED) is 0.342. The molecule has 1 atom stereocenters. The summed E-state index contributed by atoms with van der Waals surface area (Å²) in [6.07, 6.45) is 1.14. The molecule has 0 aliphatic heterocycles. The first kappa shape index (κ1) is 13.8. The van der Waals surface area contributed by atoms with Gasteiger partial charge in [-0.1, -0.05) is 0 Å². The predicted molar refractivity (Wildman–Crippen MR) is 59.2 cm³/mol. The molecule has 0 aromatic rings. The number of nitrogens with one attached hydrogen (secondary N) is 1. The van der Waals surface area contributed by atoms with Crippen LogP contribution in [0.5, 0.6) is 0 Å². The van der Waals surface area contributed by atoms with Crippen molar-refractivity contribution in [2.45, 2.75) is 25.8 Å². The van der Waals surface area contributed by atoms with Gasteiger partial charge in [-0.3, -0.25) is 4.79 Å². The largest absolute Gasteiger partial charge is 0.418 e. The predicted octanol–water partition coefficient (Wildman–Crippen LogP) is -0.347. The minimum Gasteiger partial charge on any atom is -0.418 e. The van der Waals surface area contributed by atoms with E-state index in [1.54, 1.807) is 0 Å². The number of amides is 2. The lowest BCUT2D eigenvalue weighted by atomic mass is 10.2. The molecule has 0 unspecified atom stereocenters. The molecule has 0 bridgehead atoms. The number of esters is 1. The Labute approximate surface area is 93.3 Å². The van der Waals surface area contributed by atoms with Gasteiger partial charge in [0.1, 0.15) is 0 Å². The van der Waals surface area contributed by atoms with E-state index in [2.05, 4.69) is 10.1 Å². The van der Waals surface area contributed by atoms with Crippen LogP contribution in [0.2, 0.25) is 0 Å². The first-order valence-corrected chi connectivity index (χ1v) is 4.85. The van der Waals surface area contributed by atoms with Crippen LogP contribution in [-0.2, 0) is 9.53 Å². The number of carbonyl (C=O) groups is 2. The van der Waals surface area contributed by atoms with Gasteiger partial charge >= 0.3 is 12.0 Å². The average molecular weight is 233 g/mol. The Kier molecular flexibility index (Phi) is 6.56. The number of nitrogens with two attached hydrogens (primary N) is 2. The van der Waals surface area contributed by atoms with Crippen LogP contribution in [0.1, 0.15) is 19.8 Å². The van der Waals surface area contributed by atoms with E-state index in [-0.39, 0.29) is 5.05 Å². The third-order valence-electron chi connectivity index (χ3n) is 1.54. The highest BCUT2D eigenvalue weighted by Crippen LogP contribution is 1.98. The zero-order valence-electron chi connectivity index (χ0n) is 8.49. The second-order valence-corrected chi connectivity index (χ2v) is 3.35. The maximum Gasteiger partial charge on any atom is 0.312 e. The summed E-state index contributed by atoms with van der Waals surface area (Å²) in [7, 11) is 0. The summed E-state index contributed by atoms with van der Waals surface area (Å²) in [6.45, 7) is 1.68. The smallest absolute Gasteiger partial charge is 0.312 e. The second kappa shape index (κ2) is 7.13. The summed E-state index contributed by atoms with van der Waals surface area (Å²) in [5.74, 6) is -0.481. The Bertz CT molecular complexity index is 258. The van der Waals surface area contributed by atoms with Crippen molar-refractivity contribution in [3.8, 4) is 0 Å². The fourth-order valence-electron chi connectivity index (χ4n) is 0.869. The van der Waals surface area contributed by atoms with Crippen LogP contribution >= 0.6 is 12.2 Å². The van der Waals surface area contributed by atoms with E-state index in [9.17, 15) is 9.59 Å². The minimum atomic E-state index is -0.578. The Hall–Kier alpha value is -1.21. The number of thiocarbonyl (C=S) groups is 1. The highest BCUT2D eigenvalue weighted by Gasteiger charge is 2.12. The summed E-state index contributed by atoms with van der Waals surface area (Å²) in [5.41, 5.74) is 10.5. The van der Waals surface area contributed by atoms with E-state index < -0.39 is 18.0 Å². The molecule has 0 spiro atoms. The summed E-state index contributed by atoms with van der Waals surface area (Å²) < 4.78 is 4.65. The number of carbonyl (C=O) groups excluding carboxylic acids is 2. The van der Waals surface area contributed by atoms with Gasteiger partial charge in [0.05, 0.1) is 6.04 Å². The number of hydrogen-bond donors (Lipinski definition) is 3. The molecular formula is C8H15N3O3S. The van der Waals surface area contributed by atoms with Crippen LogP contribution in [0, 0.1) is 0 Å². The first-order valence-electron chi connectivity index (χ1n) is 4.44. The lowest BCUT2D eigenvalue weighted by molar-refractivity contribution is -0.133. The molecule has 0 fully saturated rings. The number of primary amides is 1. The minimum absolute atomic E-state index is 0.0709. The number of hydrogen-bond acceptors (Lipinski definition) is 5. The third-order valence-corrected chi connectivity index (χ3v) is 1.92. The van der Waals surface area contributed by atoms with Crippen LogP contribution in [0.3, 0.4) is 0 Å². The molecule has 5 N–H and O–H groups in total. The average Bonchev–Trinajstić information content (AvgIpc) is 2.10. The van der Waals surface area contributed by atoms with Crippen molar-refractivity contribution in [2.75, 3.05) is 6.54 Å². The number of ether oxygens (including phenoxy) is 1. The van der Waals surface area contributed by atoms with E-state index in [0.717, 1.165) is 0 Å². The molecule has 6 nitrogen and oxygen atoms in total. The highest BCUT2D eigenvalue weighted by molar-refractivity contribution is 7.80. The van der Waals surface area contributed by atoms with Gasteiger partial charge < -0.3 is 21.5 Å². The van der Waals surface area contributed by atoms with Crippen molar-refractivity contribution in [3.05, 3.63) is 0 Å². The maximum atomic E-state index is 10.5. The Morgan fingerprint density at radius 2 is 2.13 bits per heavy atom. The molecule has 0 heterocycles. The standard InChI is InChI=1S/C8H15N3O3S/c1-5(12)14-7(15)6(9)3-2-4-11-8(10)13/h6H,2-4,9H2,1H3,(H3,10,11,13)/t6-/m0/s1. The summed E-state index contributed by atoms with van der Waals surface area (Å²) in [6, 6.07) is -1.07. The number of urea groups is 1. The topological polar surface area (TPSA) is 107 Å². The van der Waals surface area contributed by atoms with E-state index in [1.165, 1.54) is 6.92 Å². The molecular weight excluding hydrogens is 218 g/mol. The first-order chi connectivity index (χ1) is 6.93. The van der Waals surface area contributed by atoms with E-state index in [0.29, 0.717) is 19.4 Å². The number of rotatable bonds is 5. The van der Waals surface area contributed by atoms with Crippen molar-refractivity contribution >= 4 is 29.3 Å². The molecule has 0 aliphatic rings. The molecule has 0 aromatic carbocycles. The molecule has 15 heavy (non-hydrogen) atoms. The molecule has 2 amide bonds. The van der Waals surface area contributed by atoms with Gasteiger partial charge in [0, 0.05) is 13.5 Å². The lowest BCUT2D eigenvalue weighted by Gasteiger charge is -2.11. The van der Waals surface area contributed by atoms with Crippen LogP contribution in [0.25, 0.3) is 0 Å². The molecule has 0 rings (SSSR count). The SMILES string of the molecule is CC(=O)OC(=S)[C@@H](N)CCCNC(N)=O. The van der Waals surface area contributed by atoms with E-state index >= 15 is 0 Å². The van der Waals surface area contributed by atoms with E-state index in [1.807, 2.05) is 0 Å². The van der Waals surface area contributed by atoms with Gasteiger partial charge in [-0.15, -0.1) is 0 Å². The summed E-state index contributed by atoms with van der Waals surface area (Å²) >= 11 is 4.77. The van der Waals surface area contributed by atoms with Gasteiger partial charge in [-0.05, 0) is 25.1 Å². The molecule has 0 saturated carbocycles. The van der Waals surface area contributed by atoms with Gasteiger partial charge in [0.25, 0.3) is 0 Å². The van der Waals surface area contributed by atoms with Gasteiger partial charge in [0.15, 0.2) is 5.05 Å². The Morgan fingerprint density at radius 3 is 2.60 bits per heavy atom. The van der Waals surface area contributed by atoms with Gasteiger partial charge in [0.2, 0.25) is 0 Å². The fraction of sp³-hybridized carbons (Fsp3) is 0.625. The third kappa shape index (κ3) is 7.83. The van der Waals surface area contributed by atoms with Crippen molar-refractivity contribution < 1.29 is 14.3 Å². The molecule has 0 saturated heterocycles. The summed E-state index contributed by atoms with van der Waals surface area (Å²) in [5, 5.41) is 2.48. The van der Waals surface area contributed by atoms with Crippen molar-refractivity contribution in [1.29, 1.82) is 0 Å². The van der Waals surface area contributed by atoms with E-state index in [4.69, 9.17) is 23.7 Å². The maximum absolute atomic E-state index is 10.5. The molecule has 0 aliphatic carbocycles. The molecule has 86 valence electrons. The summed E-state index contributed by atoms with van der Waals surface area (Å²) in [4.78, 5) is 20.8. The zero-order valence-corrected chi connectivity index (χ0v) is 9.30. The fourth-order valence-corrected chi connectivity index (χ4v) is 1.10. The second-order valence-electron chi connectivity index (χ2n) is 2.95. The van der Waals surface area contributed by atoms with Crippen molar-refractivity contribution in [3.63, 3.8) is 0 Å². The molecule has 7 heteroatoms. The van der Waals surface area contributed by atoms with Gasteiger partial charge in [-0.2, -0.15) is 0 Å². The van der Waals surface area contributed by atoms with Crippen molar-refractivity contribution in [1.82, 2.24) is 5.32 Å². The lowest BCUT2D eigenvalue weighted by Crippen LogP contribution is -2.34. The van der Waals surface area contributed by atoms with Crippen LogP contribution in [-0.4, -0.2) is 29.6 Å².